The van der Waals surface area contributed by atoms with E-state index in [4.69, 9.17) is 9.79 Å². The third-order valence-electron chi connectivity index (χ3n) is 9.35. The molecular formula is C38H77O5P. The highest BCUT2D eigenvalue weighted by atomic mass is 31.2. The van der Waals surface area contributed by atoms with Gasteiger partial charge in [0.25, 0.3) is 0 Å². The van der Waals surface area contributed by atoms with Crippen molar-refractivity contribution in [1.29, 1.82) is 0 Å². The van der Waals surface area contributed by atoms with Gasteiger partial charge in [0.2, 0.25) is 0 Å². The molecule has 1 unspecified atom stereocenters. The maximum absolute atomic E-state index is 12.4. The highest BCUT2D eigenvalue weighted by molar-refractivity contribution is 7.46. The average molecular weight is 645 g/mol. The van der Waals surface area contributed by atoms with Gasteiger partial charge in [0.05, 0.1) is 5.92 Å². The normalized spacial score (nSPS) is 12.5. The molecule has 0 aromatic rings. The quantitative estimate of drug-likeness (QED) is 0.0524. The fourth-order valence-electron chi connectivity index (χ4n) is 6.45. The lowest BCUT2D eigenvalue weighted by atomic mass is 9.94. The molecule has 44 heavy (non-hydrogen) atoms. The number of hydrogen-bond donors (Lipinski definition) is 2. The van der Waals surface area contributed by atoms with Gasteiger partial charge < -0.3 is 4.52 Å². The van der Waals surface area contributed by atoms with Crippen LogP contribution in [0.1, 0.15) is 232 Å². The minimum Gasteiger partial charge on any atom is -0.370 e. The van der Waals surface area contributed by atoms with Crippen LogP contribution in [0.15, 0.2) is 0 Å². The van der Waals surface area contributed by atoms with Crippen molar-refractivity contribution in [1.82, 2.24) is 0 Å². The predicted molar refractivity (Wildman–Crippen MR) is 190 cm³/mol. The van der Waals surface area contributed by atoms with Crippen LogP contribution in [0.2, 0.25) is 0 Å². The Hall–Kier alpha value is -0.380. The zero-order valence-corrected chi connectivity index (χ0v) is 30.6. The van der Waals surface area contributed by atoms with E-state index in [1.807, 2.05) is 0 Å². The van der Waals surface area contributed by atoms with Crippen molar-refractivity contribution >= 4 is 13.8 Å². The molecule has 0 heterocycles. The van der Waals surface area contributed by atoms with Crippen LogP contribution in [0.4, 0.5) is 0 Å². The number of rotatable bonds is 36. The van der Waals surface area contributed by atoms with Crippen LogP contribution in [0.5, 0.6) is 0 Å². The van der Waals surface area contributed by atoms with E-state index in [9.17, 15) is 9.36 Å². The van der Waals surface area contributed by atoms with Crippen LogP contribution in [-0.4, -0.2) is 15.8 Å². The average Bonchev–Trinajstić information content (AvgIpc) is 2.98. The summed E-state index contributed by atoms with van der Waals surface area (Å²) < 4.78 is 15.7. The summed E-state index contributed by atoms with van der Waals surface area (Å²) in [5.41, 5.74) is 0. The molecular weight excluding hydrogens is 567 g/mol. The molecule has 0 amide bonds. The Morgan fingerprint density at radius 3 is 0.841 bits per heavy atom. The molecule has 5 nitrogen and oxygen atoms in total. The molecule has 0 fully saturated rings. The number of unbranched alkanes of at least 4 members (excludes halogenated alkanes) is 30. The number of phosphoric ester groups is 1. The maximum Gasteiger partial charge on any atom is 0.526 e. The SMILES string of the molecule is CCCCCCCCCCCCCCCCCCCCC(CCCCCCCCCCCCCCCC)C(=O)OP(=O)(O)O. The zero-order chi connectivity index (χ0) is 32.4. The molecule has 0 aliphatic heterocycles. The minimum atomic E-state index is -4.78. The van der Waals surface area contributed by atoms with Gasteiger partial charge in [-0.2, -0.15) is 0 Å². The summed E-state index contributed by atoms with van der Waals surface area (Å²) in [6.45, 7) is 4.54. The molecule has 0 rings (SSSR count). The van der Waals surface area contributed by atoms with Gasteiger partial charge in [-0.25, -0.2) is 4.57 Å². The summed E-state index contributed by atoms with van der Waals surface area (Å²) in [6.07, 6.45) is 43.2. The molecule has 0 saturated carbocycles. The summed E-state index contributed by atoms with van der Waals surface area (Å²) in [5, 5.41) is 0. The molecule has 0 aromatic carbocycles. The summed E-state index contributed by atoms with van der Waals surface area (Å²) in [7, 11) is -4.78. The first-order chi connectivity index (χ1) is 21.4. The first-order valence-electron chi connectivity index (χ1n) is 19.7. The molecule has 0 radical (unpaired) electrons. The fourth-order valence-corrected chi connectivity index (χ4v) is 6.83. The van der Waals surface area contributed by atoms with Gasteiger partial charge in [-0.15, -0.1) is 0 Å². The summed E-state index contributed by atoms with van der Waals surface area (Å²) in [6, 6.07) is 0. The third kappa shape index (κ3) is 34.5. The Kier molecular flexibility index (Phi) is 33.7. The van der Waals surface area contributed by atoms with E-state index in [-0.39, 0.29) is 5.92 Å². The molecule has 0 aliphatic carbocycles. The molecule has 1 atom stereocenters. The monoisotopic (exact) mass is 645 g/mol. The molecule has 2 N–H and O–H groups in total. The highest BCUT2D eigenvalue weighted by Crippen LogP contribution is 2.38. The molecule has 0 aliphatic rings. The smallest absolute Gasteiger partial charge is 0.370 e. The summed E-state index contributed by atoms with van der Waals surface area (Å²) >= 11 is 0. The van der Waals surface area contributed by atoms with Crippen LogP contribution in [-0.2, 0) is 13.9 Å². The van der Waals surface area contributed by atoms with E-state index in [1.54, 1.807) is 0 Å². The van der Waals surface area contributed by atoms with E-state index in [0.717, 1.165) is 25.7 Å². The molecule has 0 aromatic heterocycles. The Labute approximate surface area is 275 Å². The number of hydrogen-bond acceptors (Lipinski definition) is 3. The van der Waals surface area contributed by atoms with Gasteiger partial charge in [-0.1, -0.05) is 219 Å². The van der Waals surface area contributed by atoms with Crippen molar-refractivity contribution in [3.8, 4) is 0 Å². The van der Waals surface area contributed by atoms with E-state index >= 15 is 0 Å². The Bertz CT molecular complexity index is 635. The number of phosphoric acid groups is 1. The topological polar surface area (TPSA) is 83.8 Å². The van der Waals surface area contributed by atoms with E-state index in [1.165, 1.54) is 180 Å². The maximum atomic E-state index is 12.4. The minimum absolute atomic E-state index is 0.388. The Balaban J connectivity index is 3.77. The standard InChI is InChI=1S/C38H77O5P/c1-3-5-7-9-11-13-15-17-19-20-21-22-24-26-28-30-32-34-36-37(38(39)43-44(40,41)42)35-33-31-29-27-25-23-18-16-14-12-10-8-6-4-2/h37H,3-36H2,1-2H3,(H2,40,41,42). The van der Waals surface area contributed by atoms with Crippen molar-refractivity contribution in [3.63, 3.8) is 0 Å². The van der Waals surface area contributed by atoms with E-state index < -0.39 is 13.8 Å². The van der Waals surface area contributed by atoms with Gasteiger partial charge >= 0.3 is 13.8 Å². The van der Waals surface area contributed by atoms with Crippen LogP contribution in [0.3, 0.4) is 0 Å². The molecule has 0 saturated heterocycles. The first kappa shape index (κ1) is 43.6. The van der Waals surface area contributed by atoms with Crippen molar-refractivity contribution in [3.05, 3.63) is 0 Å². The second kappa shape index (κ2) is 34.0. The molecule has 6 heteroatoms. The van der Waals surface area contributed by atoms with Crippen LogP contribution < -0.4 is 0 Å². The van der Waals surface area contributed by atoms with Gasteiger partial charge in [0.15, 0.2) is 0 Å². The highest BCUT2D eigenvalue weighted by Gasteiger charge is 2.27. The lowest BCUT2D eigenvalue weighted by Crippen LogP contribution is -2.17. The van der Waals surface area contributed by atoms with E-state index in [0.29, 0.717) is 12.8 Å². The van der Waals surface area contributed by atoms with Crippen LogP contribution in [0.25, 0.3) is 0 Å². The van der Waals surface area contributed by atoms with Gasteiger partial charge in [0.1, 0.15) is 0 Å². The first-order valence-corrected chi connectivity index (χ1v) is 21.2. The lowest BCUT2D eigenvalue weighted by molar-refractivity contribution is -0.140. The Morgan fingerprint density at radius 2 is 0.636 bits per heavy atom. The molecule has 264 valence electrons. The van der Waals surface area contributed by atoms with Crippen molar-refractivity contribution < 1.29 is 23.7 Å². The second-order valence-corrected chi connectivity index (χ2v) is 14.9. The number of carbonyl (C=O) groups is 1. The molecule has 0 spiro atoms. The largest absolute Gasteiger partial charge is 0.526 e. The zero-order valence-electron chi connectivity index (χ0n) is 29.7. The molecule has 0 bridgehead atoms. The van der Waals surface area contributed by atoms with Crippen LogP contribution in [0, 0.1) is 5.92 Å². The second-order valence-electron chi connectivity index (χ2n) is 13.8. The van der Waals surface area contributed by atoms with Crippen molar-refractivity contribution in [2.45, 2.75) is 232 Å². The van der Waals surface area contributed by atoms with Gasteiger partial charge in [-0.3, -0.25) is 14.6 Å². The fraction of sp³-hybridized carbons (Fsp3) is 0.974. The Morgan fingerprint density at radius 1 is 0.432 bits per heavy atom. The third-order valence-corrected chi connectivity index (χ3v) is 9.77. The van der Waals surface area contributed by atoms with Crippen molar-refractivity contribution in [2.75, 3.05) is 0 Å². The predicted octanol–water partition coefficient (Wildman–Crippen LogP) is 13.5. The number of carbonyl (C=O) groups excluding carboxylic acids is 1. The van der Waals surface area contributed by atoms with Gasteiger partial charge in [-0.05, 0) is 12.8 Å². The summed E-state index contributed by atoms with van der Waals surface area (Å²) in [4.78, 5) is 30.7. The lowest BCUT2D eigenvalue weighted by Gasteiger charge is -2.16. The van der Waals surface area contributed by atoms with E-state index in [2.05, 4.69) is 18.4 Å². The van der Waals surface area contributed by atoms with Gasteiger partial charge in [0, 0.05) is 0 Å². The van der Waals surface area contributed by atoms with Crippen molar-refractivity contribution in [2.24, 2.45) is 5.92 Å². The van der Waals surface area contributed by atoms with Crippen LogP contribution >= 0.6 is 7.82 Å². The summed E-state index contributed by atoms with van der Waals surface area (Å²) in [5.74, 6) is -1.10.